The highest BCUT2D eigenvalue weighted by Gasteiger charge is 2.60. The summed E-state index contributed by atoms with van der Waals surface area (Å²) in [6.07, 6.45) is 3.49. The van der Waals surface area contributed by atoms with Gasteiger partial charge in [0.2, 0.25) is 11.8 Å². The molecule has 2 amide bonds. The van der Waals surface area contributed by atoms with Crippen molar-refractivity contribution in [2.45, 2.75) is 58.6 Å². The molecule has 2 aliphatic carbocycles. The molecule has 0 spiro atoms. The summed E-state index contributed by atoms with van der Waals surface area (Å²) in [4.78, 5) is 24.6. The Morgan fingerprint density at radius 3 is 2.59 bits per heavy atom. The Kier molecular flexibility index (Phi) is 5.05. The molecular weight excluding hydrogens is 384 g/mol. The number of benzene rings is 1. The van der Waals surface area contributed by atoms with Gasteiger partial charge < -0.3 is 10.6 Å². The van der Waals surface area contributed by atoms with Gasteiger partial charge in [0.25, 0.3) is 0 Å². The van der Waals surface area contributed by atoms with Gasteiger partial charge in [-0.3, -0.25) is 9.59 Å². The topological polar surface area (TPSA) is 82.9 Å². The number of anilines is 1. The number of nitrogens with zero attached hydrogens (tertiary/aromatic N) is 2. The van der Waals surface area contributed by atoms with Crippen molar-refractivity contribution in [2.75, 3.05) is 5.32 Å². The number of hydrogen-bond acceptors (Lipinski definition) is 5. The minimum atomic E-state index is -0.480. The van der Waals surface area contributed by atoms with E-state index in [4.69, 9.17) is 0 Å². The number of amidine groups is 1. The van der Waals surface area contributed by atoms with E-state index in [1.54, 1.807) is 0 Å². The lowest BCUT2D eigenvalue weighted by Crippen LogP contribution is -2.32. The molecular formula is C22H28N4O2S. The number of nitrogens with one attached hydrogen (secondary N) is 2. The first-order chi connectivity index (χ1) is 13.7. The molecule has 3 atom stereocenters. The Morgan fingerprint density at radius 2 is 1.97 bits per heavy atom. The number of fused-ring (bicyclic) bond motifs is 2. The van der Waals surface area contributed by atoms with Crippen molar-refractivity contribution in [1.29, 1.82) is 0 Å². The first-order valence-corrected chi connectivity index (χ1v) is 11.1. The van der Waals surface area contributed by atoms with Gasteiger partial charge in [-0.15, -0.1) is 5.10 Å². The van der Waals surface area contributed by atoms with Gasteiger partial charge in [-0.05, 0) is 49.7 Å². The molecule has 1 saturated heterocycles. The van der Waals surface area contributed by atoms with E-state index in [1.807, 2.05) is 31.2 Å². The summed E-state index contributed by atoms with van der Waals surface area (Å²) in [5, 5.41) is 14.5. The van der Waals surface area contributed by atoms with Gasteiger partial charge in [-0.1, -0.05) is 50.2 Å². The Balaban J connectivity index is 1.38. The summed E-state index contributed by atoms with van der Waals surface area (Å²) in [5.41, 5.74) is 3.33. The summed E-state index contributed by atoms with van der Waals surface area (Å²) >= 11 is 1.28. The third kappa shape index (κ3) is 3.61. The van der Waals surface area contributed by atoms with Crippen molar-refractivity contribution < 1.29 is 9.59 Å². The van der Waals surface area contributed by atoms with Crippen LogP contribution in [0, 0.1) is 23.7 Å². The summed E-state index contributed by atoms with van der Waals surface area (Å²) < 4.78 is 0. The number of rotatable bonds is 4. The third-order valence-corrected chi connectivity index (χ3v) is 8.33. The lowest BCUT2D eigenvalue weighted by atomic mass is 9.70. The van der Waals surface area contributed by atoms with Crippen LogP contribution in [0.1, 0.15) is 52.0 Å². The van der Waals surface area contributed by atoms with Crippen LogP contribution in [0.5, 0.6) is 0 Å². The maximum Gasteiger partial charge on any atom is 0.240 e. The zero-order chi connectivity index (χ0) is 20.8. The van der Waals surface area contributed by atoms with Gasteiger partial charge in [0.05, 0.1) is 0 Å². The molecule has 0 radical (unpaired) electrons. The number of hydrogen-bond donors (Lipinski definition) is 2. The van der Waals surface area contributed by atoms with E-state index in [9.17, 15) is 9.59 Å². The largest absolute Gasteiger partial charge is 0.326 e. The average molecular weight is 413 g/mol. The van der Waals surface area contributed by atoms with E-state index < -0.39 is 5.25 Å². The van der Waals surface area contributed by atoms with Crippen LogP contribution in [0.25, 0.3) is 0 Å². The minimum Gasteiger partial charge on any atom is -0.326 e. The molecule has 1 aromatic rings. The Morgan fingerprint density at radius 1 is 1.24 bits per heavy atom. The molecule has 0 unspecified atom stereocenters. The van der Waals surface area contributed by atoms with Crippen LogP contribution in [0.15, 0.2) is 34.5 Å². The number of carbonyl (C=O) groups is 2. The van der Waals surface area contributed by atoms with Crippen LogP contribution >= 0.6 is 11.8 Å². The molecule has 3 aliphatic rings. The molecule has 1 heterocycles. The van der Waals surface area contributed by atoms with Gasteiger partial charge in [0, 0.05) is 23.2 Å². The zero-order valence-corrected chi connectivity index (χ0v) is 18.2. The number of carbonyl (C=O) groups excluding carboxylic acids is 2. The maximum atomic E-state index is 12.3. The second-order valence-corrected chi connectivity index (χ2v) is 10.4. The first kappa shape index (κ1) is 20.1. The van der Waals surface area contributed by atoms with Gasteiger partial charge in [-0.2, -0.15) is 5.10 Å². The van der Waals surface area contributed by atoms with Crippen molar-refractivity contribution in [1.82, 2.24) is 5.32 Å². The maximum absolute atomic E-state index is 12.3. The quantitative estimate of drug-likeness (QED) is 0.730. The molecule has 4 rings (SSSR count). The van der Waals surface area contributed by atoms with Crippen molar-refractivity contribution in [3.05, 3.63) is 29.8 Å². The highest BCUT2D eigenvalue weighted by atomic mass is 32.2. The molecule has 6 nitrogen and oxygen atoms in total. The number of aryl methyl sites for hydroxylation is 1. The predicted octanol–water partition coefficient (Wildman–Crippen LogP) is 4.11. The molecule has 2 saturated carbocycles. The SMILES string of the molecule is Cc1ccc(NC(=O)C[C@H]2S/C(=N\N=C3\C[C@H]4CC[C@@]3(C)C4(C)C)NC2=O)cc1. The Bertz CT molecular complexity index is 906. The van der Waals surface area contributed by atoms with Crippen LogP contribution in [0.2, 0.25) is 0 Å². The smallest absolute Gasteiger partial charge is 0.240 e. The van der Waals surface area contributed by atoms with Crippen LogP contribution in [-0.4, -0.2) is 27.9 Å². The van der Waals surface area contributed by atoms with Crippen LogP contribution in [0.4, 0.5) is 5.69 Å². The standard InChI is InChI=1S/C22H28N4O2S/c1-13-5-7-15(8-6-13)23-18(27)12-16-19(28)24-20(29-16)26-25-17-11-14-9-10-22(17,4)21(14,2)3/h5-8,14,16H,9-12H2,1-4H3,(H,23,27)(H,24,26,28)/b25-17-/t14-,16-,22-/m1/s1. The summed E-state index contributed by atoms with van der Waals surface area (Å²) in [6.45, 7) is 8.94. The van der Waals surface area contributed by atoms with Gasteiger partial charge in [-0.25, -0.2) is 0 Å². The van der Waals surface area contributed by atoms with Crippen molar-refractivity contribution >= 4 is 40.1 Å². The monoisotopic (exact) mass is 412 g/mol. The van der Waals surface area contributed by atoms with Crippen LogP contribution in [-0.2, 0) is 9.59 Å². The zero-order valence-electron chi connectivity index (χ0n) is 17.4. The lowest BCUT2D eigenvalue weighted by Gasteiger charge is -2.34. The van der Waals surface area contributed by atoms with Crippen molar-refractivity contribution in [2.24, 2.45) is 27.0 Å². The fraction of sp³-hybridized carbons (Fsp3) is 0.545. The molecule has 0 aromatic heterocycles. The van der Waals surface area contributed by atoms with E-state index in [0.717, 1.165) is 29.8 Å². The van der Waals surface area contributed by atoms with E-state index in [2.05, 4.69) is 41.6 Å². The van der Waals surface area contributed by atoms with E-state index in [1.165, 1.54) is 18.2 Å². The third-order valence-electron chi connectivity index (χ3n) is 7.26. The Labute approximate surface area is 176 Å². The number of thioether (sulfide) groups is 1. The average Bonchev–Trinajstić information content (AvgIpc) is 3.18. The second kappa shape index (κ2) is 7.27. The fourth-order valence-electron chi connectivity index (χ4n) is 4.79. The molecule has 29 heavy (non-hydrogen) atoms. The second-order valence-electron chi connectivity index (χ2n) is 9.16. The molecule has 3 fully saturated rings. The van der Waals surface area contributed by atoms with Gasteiger partial charge in [0.1, 0.15) is 5.25 Å². The van der Waals surface area contributed by atoms with Crippen molar-refractivity contribution in [3.8, 4) is 0 Å². The van der Waals surface area contributed by atoms with E-state index >= 15 is 0 Å². The summed E-state index contributed by atoms with van der Waals surface area (Å²) in [6, 6.07) is 7.59. The lowest BCUT2D eigenvalue weighted by molar-refractivity contribution is -0.122. The minimum absolute atomic E-state index is 0.0856. The van der Waals surface area contributed by atoms with E-state index in [0.29, 0.717) is 11.1 Å². The highest BCUT2D eigenvalue weighted by molar-refractivity contribution is 8.15. The fourth-order valence-corrected chi connectivity index (χ4v) is 5.71. The van der Waals surface area contributed by atoms with Gasteiger partial charge in [0.15, 0.2) is 5.17 Å². The normalized spacial score (nSPS) is 32.8. The molecule has 7 heteroatoms. The molecule has 1 aliphatic heterocycles. The molecule has 2 bridgehead atoms. The summed E-state index contributed by atoms with van der Waals surface area (Å²) in [5.74, 6) is 0.291. The van der Waals surface area contributed by atoms with Crippen LogP contribution < -0.4 is 10.6 Å². The predicted molar refractivity (Wildman–Crippen MR) is 118 cm³/mol. The Hall–Kier alpha value is -2.15. The summed E-state index contributed by atoms with van der Waals surface area (Å²) in [7, 11) is 0. The van der Waals surface area contributed by atoms with Crippen LogP contribution in [0.3, 0.4) is 0 Å². The van der Waals surface area contributed by atoms with Gasteiger partial charge >= 0.3 is 0 Å². The first-order valence-electron chi connectivity index (χ1n) is 10.2. The highest BCUT2D eigenvalue weighted by Crippen LogP contribution is 2.64. The van der Waals surface area contributed by atoms with E-state index in [-0.39, 0.29) is 29.1 Å². The molecule has 154 valence electrons. The molecule has 2 N–H and O–H groups in total. The van der Waals surface area contributed by atoms with Crippen molar-refractivity contribution in [3.63, 3.8) is 0 Å². The number of amides is 2. The molecule has 1 aromatic carbocycles.